The summed E-state index contributed by atoms with van der Waals surface area (Å²) in [4.78, 5) is 14.2. The van der Waals surface area contributed by atoms with Gasteiger partial charge < -0.3 is 15.5 Å². The second-order valence-electron chi connectivity index (χ2n) is 5.26. The van der Waals surface area contributed by atoms with Crippen LogP contribution in [0.1, 0.15) is 22.8 Å². The number of carbonyl (C=O) groups is 1. The molecular weight excluding hydrogens is 226 g/mol. The van der Waals surface area contributed by atoms with Crippen LogP contribution in [0.5, 0.6) is 0 Å². The van der Waals surface area contributed by atoms with Gasteiger partial charge in [-0.2, -0.15) is 0 Å². The van der Waals surface area contributed by atoms with Crippen LogP contribution in [0.4, 0.5) is 0 Å². The van der Waals surface area contributed by atoms with E-state index in [2.05, 4.69) is 17.6 Å². The summed E-state index contributed by atoms with van der Waals surface area (Å²) in [5.41, 5.74) is 2.02. The molecule has 1 aromatic carbocycles. The van der Waals surface area contributed by atoms with Gasteiger partial charge in [0.25, 0.3) is 5.91 Å². The molecule has 0 aromatic heterocycles. The van der Waals surface area contributed by atoms with Gasteiger partial charge in [0.15, 0.2) is 0 Å². The van der Waals surface area contributed by atoms with E-state index in [-0.39, 0.29) is 5.91 Å². The lowest BCUT2D eigenvalue weighted by molar-refractivity contribution is 0.0756. The fourth-order valence-corrected chi connectivity index (χ4v) is 2.69. The Morgan fingerprint density at radius 1 is 1.28 bits per heavy atom. The topological polar surface area (TPSA) is 44.4 Å². The fourth-order valence-electron chi connectivity index (χ4n) is 2.69. The number of nitrogens with zero attached hydrogens (tertiary/aromatic N) is 1. The number of hydrogen-bond acceptors (Lipinski definition) is 3. The number of nitrogens with one attached hydrogen (secondary N) is 2. The van der Waals surface area contributed by atoms with Crippen LogP contribution in [-0.2, 0) is 6.54 Å². The van der Waals surface area contributed by atoms with Gasteiger partial charge in [0.2, 0.25) is 0 Å². The maximum Gasteiger partial charge on any atom is 0.254 e. The highest BCUT2D eigenvalue weighted by atomic mass is 16.2. The van der Waals surface area contributed by atoms with Gasteiger partial charge >= 0.3 is 0 Å². The van der Waals surface area contributed by atoms with Crippen LogP contribution in [0.2, 0.25) is 0 Å². The van der Waals surface area contributed by atoms with Crippen LogP contribution in [0, 0.1) is 0 Å². The molecule has 2 aliphatic rings. The standard InChI is InChI=1S/C14H19N3O/c1-10-6-16-12(7-15-10)9-17-8-11-4-2-3-5-13(11)14(17)18/h2-5,10,12,15-16H,6-9H2,1H3/t10-,12+/m1/s1. The quantitative estimate of drug-likeness (QED) is 0.801. The SMILES string of the molecule is C[C@@H]1CN[C@H](CN2Cc3ccccc3C2=O)CN1. The molecule has 4 heteroatoms. The van der Waals surface area contributed by atoms with Crippen LogP contribution in [-0.4, -0.2) is 42.5 Å². The number of fused-ring (bicyclic) bond motifs is 1. The Labute approximate surface area is 107 Å². The minimum absolute atomic E-state index is 0.172. The second kappa shape index (κ2) is 4.71. The van der Waals surface area contributed by atoms with E-state index < -0.39 is 0 Å². The highest BCUT2D eigenvalue weighted by Gasteiger charge is 2.29. The van der Waals surface area contributed by atoms with Crippen molar-refractivity contribution < 1.29 is 4.79 Å². The number of piperazine rings is 1. The summed E-state index contributed by atoms with van der Waals surface area (Å²) in [6, 6.07) is 8.78. The normalized spacial score (nSPS) is 27.4. The molecule has 1 saturated heterocycles. The van der Waals surface area contributed by atoms with E-state index in [9.17, 15) is 4.79 Å². The Morgan fingerprint density at radius 2 is 2.11 bits per heavy atom. The van der Waals surface area contributed by atoms with Crippen molar-refractivity contribution in [2.24, 2.45) is 0 Å². The maximum atomic E-state index is 12.2. The summed E-state index contributed by atoms with van der Waals surface area (Å²) in [7, 11) is 0. The highest BCUT2D eigenvalue weighted by Crippen LogP contribution is 2.22. The third-order valence-electron chi connectivity index (χ3n) is 3.76. The van der Waals surface area contributed by atoms with E-state index in [0.29, 0.717) is 12.1 Å². The van der Waals surface area contributed by atoms with E-state index >= 15 is 0 Å². The van der Waals surface area contributed by atoms with Crippen LogP contribution < -0.4 is 10.6 Å². The molecule has 18 heavy (non-hydrogen) atoms. The molecular formula is C14H19N3O. The summed E-state index contributed by atoms with van der Waals surface area (Å²) >= 11 is 0. The van der Waals surface area contributed by atoms with Crippen LogP contribution in [0.25, 0.3) is 0 Å². The van der Waals surface area contributed by atoms with Crippen molar-refractivity contribution in [3.8, 4) is 0 Å². The van der Waals surface area contributed by atoms with E-state index in [4.69, 9.17) is 0 Å². The average molecular weight is 245 g/mol. The van der Waals surface area contributed by atoms with E-state index in [1.807, 2.05) is 29.2 Å². The second-order valence-corrected chi connectivity index (χ2v) is 5.26. The van der Waals surface area contributed by atoms with Crippen molar-refractivity contribution in [3.05, 3.63) is 35.4 Å². The third-order valence-corrected chi connectivity index (χ3v) is 3.76. The predicted octanol–water partition coefficient (Wildman–Crippen LogP) is 0.592. The van der Waals surface area contributed by atoms with E-state index in [0.717, 1.165) is 37.3 Å². The zero-order valence-corrected chi connectivity index (χ0v) is 10.6. The lowest BCUT2D eigenvalue weighted by Gasteiger charge is -2.31. The van der Waals surface area contributed by atoms with Gasteiger partial charge in [-0.1, -0.05) is 18.2 Å². The van der Waals surface area contributed by atoms with Crippen LogP contribution in [0.15, 0.2) is 24.3 Å². The number of amides is 1. The monoisotopic (exact) mass is 245 g/mol. The first-order valence-electron chi connectivity index (χ1n) is 6.58. The van der Waals surface area contributed by atoms with Gasteiger partial charge in [0, 0.05) is 43.8 Å². The molecule has 2 atom stereocenters. The van der Waals surface area contributed by atoms with Gasteiger partial charge in [-0.25, -0.2) is 0 Å². The summed E-state index contributed by atoms with van der Waals surface area (Å²) in [5, 5.41) is 6.93. The molecule has 0 radical (unpaired) electrons. The van der Waals surface area contributed by atoms with Crippen molar-refractivity contribution in [1.29, 1.82) is 0 Å². The summed E-state index contributed by atoms with van der Waals surface area (Å²) < 4.78 is 0. The minimum atomic E-state index is 0.172. The molecule has 0 spiro atoms. The molecule has 4 nitrogen and oxygen atoms in total. The van der Waals surface area contributed by atoms with Crippen molar-refractivity contribution in [2.75, 3.05) is 19.6 Å². The minimum Gasteiger partial charge on any atom is -0.333 e. The Bertz CT molecular complexity index is 452. The molecule has 0 bridgehead atoms. The van der Waals surface area contributed by atoms with Gasteiger partial charge in [0.1, 0.15) is 0 Å². The van der Waals surface area contributed by atoms with Crippen LogP contribution in [0.3, 0.4) is 0 Å². The van der Waals surface area contributed by atoms with Crippen molar-refractivity contribution >= 4 is 5.91 Å². The van der Waals surface area contributed by atoms with Gasteiger partial charge in [-0.3, -0.25) is 4.79 Å². The zero-order valence-electron chi connectivity index (χ0n) is 10.6. The molecule has 1 fully saturated rings. The molecule has 0 unspecified atom stereocenters. The zero-order chi connectivity index (χ0) is 12.5. The largest absolute Gasteiger partial charge is 0.333 e. The molecule has 2 aliphatic heterocycles. The lowest BCUT2D eigenvalue weighted by atomic mass is 10.1. The Kier molecular flexibility index (Phi) is 3.06. The molecule has 96 valence electrons. The van der Waals surface area contributed by atoms with Gasteiger partial charge in [0.05, 0.1) is 0 Å². The molecule has 0 aliphatic carbocycles. The van der Waals surface area contributed by atoms with E-state index in [1.54, 1.807) is 0 Å². The van der Waals surface area contributed by atoms with Crippen LogP contribution >= 0.6 is 0 Å². The number of hydrogen-bond donors (Lipinski definition) is 2. The number of rotatable bonds is 2. The summed E-state index contributed by atoms with van der Waals surface area (Å²) in [6.45, 7) is 5.61. The molecule has 3 rings (SSSR count). The average Bonchev–Trinajstić information content (AvgIpc) is 2.70. The lowest BCUT2D eigenvalue weighted by Crippen LogP contribution is -2.56. The van der Waals surface area contributed by atoms with Gasteiger partial charge in [-0.15, -0.1) is 0 Å². The first kappa shape index (κ1) is 11.7. The summed E-state index contributed by atoms with van der Waals surface area (Å²) in [5.74, 6) is 0.172. The maximum absolute atomic E-state index is 12.2. The van der Waals surface area contributed by atoms with Crippen molar-refractivity contribution in [3.63, 3.8) is 0 Å². The molecule has 2 heterocycles. The fraction of sp³-hybridized carbons (Fsp3) is 0.500. The predicted molar refractivity (Wildman–Crippen MR) is 70.4 cm³/mol. The smallest absolute Gasteiger partial charge is 0.254 e. The van der Waals surface area contributed by atoms with Crippen molar-refractivity contribution in [2.45, 2.75) is 25.6 Å². The first-order valence-corrected chi connectivity index (χ1v) is 6.58. The number of carbonyl (C=O) groups excluding carboxylic acids is 1. The number of benzene rings is 1. The molecule has 1 amide bonds. The molecule has 1 aromatic rings. The third kappa shape index (κ3) is 2.13. The molecule has 0 saturated carbocycles. The molecule has 2 N–H and O–H groups in total. The van der Waals surface area contributed by atoms with Crippen molar-refractivity contribution in [1.82, 2.24) is 15.5 Å². The summed E-state index contributed by atoms with van der Waals surface area (Å²) in [6.07, 6.45) is 0. The Hall–Kier alpha value is -1.39. The Morgan fingerprint density at radius 3 is 2.83 bits per heavy atom. The highest BCUT2D eigenvalue weighted by molar-refractivity contribution is 5.98. The van der Waals surface area contributed by atoms with E-state index in [1.165, 1.54) is 0 Å². The Balaban J connectivity index is 1.64. The first-order chi connectivity index (χ1) is 8.74. The van der Waals surface area contributed by atoms with Gasteiger partial charge in [-0.05, 0) is 18.6 Å².